The van der Waals surface area contributed by atoms with Crippen LogP contribution in [0.1, 0.15) is 25.1 Å². The number of hydrogen-bond donors (Lipinski definition) is 4. The normalized spacial score (nSPS) is 17.1. The van der Waals surface area contributed by atoms with Crippen molar-refractivity contribution >= 4 is 91.4 Å². The summed E-state index contributed by atoms with van der Waals surface area (Å²) in [5.74, 6) is -4.83. The van der Waals surface area contributed by atoms with Crippen LogP contribution in [0.4, 0.5) is 10.8 Å². The zero-order valence-corrected chi connectivity index (χ0v) is 22.2. The third-order valence-electron chi connectivity index (χ3n) is 5.23. The molecule has 6 N–H and O–H groups in total. The summed E-state index contributed by atoms with van der Waals surface area (Å²) in [6, 6.07) is 1.51. The van der Waals surface area contributed by atoms with E-state index in [0.717, 1.165) is 11.3 Å². The molecule has 0 bridgehead atoms. The molecule has 21 heteroatoms. The van der Waals surface area contributed by atoms with Gasteiger partial charge >= 0.3 is 45.8 Å². The van der Waals surface area contributed by atoms with Gasteiger partial charge in [0.15, 0.2) is 16.9 Å². The average Bonchev–Trinajstić information content (AvgIpc) is 3.28. The number of nitrogens with one attached hydrogen (secondary N) is 1. The third kappa shape index (κ3) is 7.74. The number of anilines is 1. The quantitative estimate of drug-likeness (QED) is 0.0410. The average molecular weight is 624 g/mol. The number of amides is 3. The standard InChI is InChI=1S/C20H21N7O11S2.Na.H/c1-20(2,18(31)37-7-9-3-5-10(6-4-9)27(32)33)38-25-12(11-8-39-19(22)23-11)16(29)24-13-14(15(21)28)26(17(13)30)40(34,35)36;;/h3-6,8,13-14H,7H2,1-2H3,(H2,21,28)(H2,22,23)(H,24,29)(H,34,35,36);;/b25-12+;;. The predicted octanol–water partition coefficient (Wildman–Crippen LogP) is -1.79. The van der Waals surface area contributed by atoms with E-state index in [2.05, 4.69) is 15.5 Å². The molecule has 1 fully saturated rings. The van der Waals surface area contributed by atoms with Crippen molar-refractivity contribution in [3.8, 4) is 0 Å². The van der Waals surface area contributed by atoms with E-state index in [1.54, 1.807) is 0 Å². The van der Waals surface area contributed by atoms with Gasteiger partial charge in [0.2, 0.25) is 11.5 Å². The van der Waals surface area contributed by atoms with E-state index in [4.69, 9.17) is 25.6 Å². The second-order valence-electron chi connectivity index (χ2n) is 8.52. The molecule has 1 aliphatic rings. The second kappa shape index (κ2) is 12.9. The fourth-order valence-corrected chi connectivity index (χ4v) is 4.59. The van der Waals surface area contributed by atoms with E-state index >= 15 is 0 Å². The zero-order valence-electron chi connectivity index (χ0n) is 20.5. The van der Waals surface area contributed by atoms with Crippen molar-refractivity contribution in [3.63, 3.8) is 0 Å². The summed E-state index contributed by atoms with van der Waals surface area (Å²) >= 11 is 0.902. The van der Waals surface area contributed by atoms with E-state index in [0.29, 0.717) is 5.56 Å². The third-order valence-corrected chi connectivity index (χ3v) is 6.81. The number of aromatic nitrogens is 1. The number of esters is 1. The summed E-state index contributed by atoms with van der Waals surface area (Å²) in [6.45, 7) is 2.23. The molecule has 3 rings (SSSR count). The molecule has 2 aromatic rings. The van der Waals surface area contributed by atoms with E-state index in [-0.39, 0.29) is 57.0 Å². The number of non-ortho nitro benzene ring substituents is 1. The number of primary amides is 1. The Morgan fingerprint density at radius 3 is 2.39 bits per heavy atom. The number of thiazole rings is 1. The Balaban J connectivity index is 0.00000588. The summed E-state index contributed by atoms with van der Waals surface area (Å²) < 4.78 is 36.9. The Hall–Kier alpha value is -3.69. The number of carbonyl (C=O) groups is 4. The van der Waals surface area contributed by atoms with Crippen LogP contribution >= 0.6 is 11.3 Å². The Morgan fingerprint density at radius 1 is 1.29 bits per heavy atom. The van der Waals surface area contributed by atoms with Crippen LogP contribution in [-0.2, 0) is 45.7 Å². The molecule has 2 atom stereocenters. The van der Waals surface area contributed by atoms with E-state index < -0.39 is 62.3 Å². The molecule has 0 spiro atoms. The number of nitro groups is 1. The van der Waals surface area contributed by atoms with Gasteiger partial charge in [0, 0.05) is 17.5 Å². The molecular formula is C20H22N7NaO11S2. The van der Waals surface area contributed by atoms with Crippen molar-refractivity contribution < 1.29 is 46.6 Å². The topological polar surface area (TPSA) is 277 Å². The Morgan fingerprint density at radius 2 is 1.90 bits per heavy atom. The molecule has 1 aliphatic heterocycles. The van der Waals surface area contributed by atoms with Crippen molar-refractivity contribution in [2.24, 2.45) is 10.9 Å². The first-order valence-electron chi connectivity index (χ1n) is 10.8. The van der Waals surface area contributed by atoms with E-state index in [1.807, 2.05) is 0 Å². The molecule has 3 amide bonds. The fourth-order valence-electron chi connectivity index (χ4n) is 3.18. The van der Waals surface area contributed by atoms with Crippen LogP contribution in [0.5, 0.6) is 0 Å². The Labute approximate surface area is 257 Å². The van der Waals surface area contributed by atoms with Crippen LogP contribution in [0.25, 0.3) is 0 Å². The van der Waals surface area contributed by atoms with Crippen LogP contribution in [-0.4, -0.2) is 104 Å². The second-order valence-corrected chi connectivity index (χ2v) is 10.7. The number of hydrogen-bond acceptors (Lipinski definition) is 14. The number of ether oxygens (including phenoxy) is 1. The molecule has 0 saturated carbocycles. The van der Waals surface area contributed by atoms with Crippen molar-refractivity contribution in [1.82, 2.24) is 14.6 Å². The number of benzene rings is 1. The molecular weight excluding hydrogens is 601 g/mol. The molecule has 0 aliphatic carbocycles. The Bertz CT molecular complexity index is 1510. The van der Waals surface area contributed by atoms with Gasteiger partial charge in [-0.2, -0.15) is 12.7 Å². The first-order chi connectivity index (χ1) is 18.5. The number of oxime groups is 1. The first-order valence-corrected chi connectivity index (χ1v) is 13.1. The van der Waals surface area contributed by atoms with Gasteiger partial charge in [0.1, 0.15) is 18.3 Å². The number of β-lactam (4-membered cyclic amide) rings is 1. The van der Waals surface area contributed by atoms with Crippen LogP contribution in [0.3, 0.4) is 0 Å². The number of nitrogen functional groups attached to an aromatic ring is 1. The monoisotopic (exact) mass is 623 g/mol. The van der Waals surface area contributed by atoms with Gasteiger partial charge in [0.25, 0.3) is 17.5 Å². The molecule has 1 aromatic heterocycles. The van der Waals surface area contributed by atoms with E-state index in [1.165, 1.54) is 43.5 Å². The number of nitrogens with zero attached hydrogens (tertiary/aromatic N) is 4. The van der Waals surface area contributed by atoms with Crippen molar-refractivity contribution in [2.45, 2.75) is 38.1 Å². The summed E-state index contributed by atoms with van der Waals surface area (Å²) in [5, 5.41) is 17.8. The molecule has 2 heterocycles. The Kier molecular flexibility index (Phi) is 10.5. The maximum absolute atomic E-state index is 13.0. The van der Waals surface area contributed by atoms with Gasteiger partial charge in [-0.05, 0) is 31.5 Å². The van der Waals surface area contributed by atoms with Gasteiger partial charge in [0.05, 0.1) is 4.92 Å². The van der Waals surface area contributed by atoms with Gasteiger partial charge in [-0.25, -0.2) is 9.78 Å². The van der Waals surface area contributed by atoms with Gasteiger partial charge < -0.3 is 26.4 Å². The van der Waals surface area contributed by atoms with Crippen LogP contribution in [0, 0.1) is 10.1 Å². The summed E-state index contributed by atoms with van der Waals surface area (Å²) in [5.41, 5.74) is 8.42. The van der Waals surface area contributed by atoms with Crippen LogP contribution in [0.2, 0.25) is 0 Å². The van der Waals surface area contributed by atoms with Gasteiger partial charge in [-0.1, -0.05) is 5.16 Å². The zero-order chi connectivity index (χ0) is 30.0. The SMILES string of the molecule is CC(C)(O/N=C(/C(=O)NC1C(=O)N(S(=O)(=O)O)C1C(N)=O)c1csc(N)n1)C(=O)OCc1ccc([N+](=O)[O-])cc1.[NaH]. The van der Waals surface area contributed by atoms with E-state index in [9.17, 15) is 37.7 Å². The molecule has 1 saturated heterocycles. The maximum atomic E-state index is 13.0. The molecule has 2 unspecified atom stereocenters. The first kappa shape index (κ1) is 33.5. The molecule has 1 aromatic carbocycles. The fraction of sp³-hybridized carbons (Fsp3) is 0.300. The molecule has 216 valence electrons. The number of rotatable bonds is 11. The van der Waals surface area contributed by atoms with Crippen LogP contribution in [0.15, 0.2) is 34.8 Å². The molecule has 0 radical (unpaired) electrons. The number of nitrogens with two attached hydrogens (primary N) is 2. The minimum absolute atomic E-state index is 0. The summed E-state index contributed by atoms with van der Waals surface area (Å²) in [6.07, 6.45) is 0. The minimum atomic E-state index is -5.15. The van der Waals surface area contributed by atoms with Crippen molar-refractivity contribution in [2.75, 3.05) is 5.73 Å². The number of nitro benzene ring substituents is 1. The van der Waals surface area contributed by atoms with Gasteiger partial charge in [-0.3, -0.25) is 29.1 Å². The van der Waals surface area contributed by atoms with Crippen LogP contribution < -0.4 is 16.8 Å². The molecule has 18 nitrogen and oxygen atoms in total. The summed E-state index contributed by atoms with van der Waals surface area (Å²) in [4.78, 5) is 68.9. The van der Waals surface area contributed by atoms with Crippen molar-refractivity contribution in [1.29, 1.82) is 0 Å². The summed E-state index contributed by atoms with van der Waals surface area (Å²) in [7, 11) is -5.15. The van der Waals surface area contributed by atoms with Gasteiger partial charge in [-0.15, -0.1) is 11.3 Å². The predicted molar refractivity (Wildman–Crippen MR) is 142 cm³/mol. The number of carbonyl (C=O) groups excluding carboxylic acids is 4. The van der Waals surface area contributed by atoms with Crippen molar-refractivity contribution in [3.05, 3.63) is 51.0 Å². The molecule has 41 heavy (non-hydrogen) atoms.